The monoisotopic (exact) mass is 492 g/mol. The van der Waals surface area contributed by atoms with E-state index in [0.717, 1.165) is 35.1 Å². The molecule has 0 spiro atoms. The molecule has 0 heterocycles. The molecule has 2 aromatic rings. The number of rotatable bonds is 18. The Morgan fingerprint density at radius 2 is 1.25 bits per heavy atom. The Morgan fingerprint density at radius 1 is 0.750 bits per heavy atom. The Hall–Kier alpha value is -2.13. The van der Waals surface area contributed by atoms with E-state index in [4.69, 9.17) is 9.47 Å². The third-order valence-electron chi connectivity index (χ3n) is 8.02. The fourth-order valence-electron chi connectivity index (χ4n) is 5.80. The quantitative estimate of drug-likeness (QED) is 0.154. The van der Waals surface area contributed by atoms with Gasteiger partial charge >= 0.3 is 5.97 Å². The van der Waals surface area contributed by atoms with Gasteiger partial charge in [0.15, 0.2) is 0 Å². The topological polar surface area (TPSA) is 35.5 Å². The first kappa shape index (κ1) is 28.4. The summed E-state index contributed by atoms with van der Waals surface area (Å²) < 4.78 is 11.7. The first-order valence-corrected chi connectivity index (χ1v) is 14.5. The largest absolute Gasteiger partial charge is 0.464 e. The molecule has 1 aliphatic rings. The van der Waals surface area contributed by atoms with Crippen LogP contribution < -0.4 is 0 Å². The Balaban J connectivity index is 1.48. The lowest BCUT2D eigenvalue weighted by Crippen LogP contribution is -2.41. The summed E-state index contributed by atoms with van der Waals surface area (Å²) in [5, 5.41) is 0. The van der Waals surface area contributed by atoms with E-state index >= 15 is 0 Å². The summed E-state index contributed by atoms with van der Waals surface area (Å²) in [6, 6.07) is 16.4. The number of ether oxygens (including phenoxy) is 2. The molecule has 0 saturated heterocycles. The lowest BCUT2D eigenvalue weighted by atomic mass is 9.79. The van der Waals surface area contributed by atoms with Crippen LogP contribution in [0.5, 0.6) is 0 Å². The van der Waals surface area contributed by atoms with Crippen molar-refractivity contribution in [2.24, 2.45) is 5.92 Å². The standard InChI is InChI=1S/C33H48O3/c1-4-6-7-8-9-10-11-12-13-14-15-20-27(5-2)25-36-32(34)33(26-35-3)30-23-18-16-21-28(30)29-22-17-19-24-31(29)33/h16-19,21-24,27H,4-15,20,25-26H2,1-3H3. The van der Waals surface area contributed by atoms with E-state index in [1.54, 1.807) is 7.11 Å². The van der Waals surface area contributed by atoms with E-state index in [0.29, 0.717) is 12.5 Å². The Kier molecular flexibility index (Phi) is 12.0. The van der Waals surface area contributed by atoms with Crippen LogP contribution in [0.2, 0.25) is 0 Å². The summed E-state index contributed by atoms with van der Waals surface area (Å²) in [5.41, 5.74) is 3.31. The van der Waals surface area contributed by atoms with Crippen LogP contribution in [0.1, 0.15) is 108 Å². The summed E-state index contributed by atoms with van der Waals surface area (Å²) in [5.74, 6) is 0.234. The molecule has 3 rings (SSSR count). The van der Waals surface area contributed by atoms with Gasteiger partial charge in [-0.15, -0.1) is 0 Å². The van der Waals surface area contributed by atoms with Crippen molar-refractivity contribution in [3.8, 4) is 11.1 Å². The fraction of sp³-hybridized carbons (Fsp3) is 0.606. The minimum atomic E-state index is -0.892. The number of esters is 1. The highest BCUT2D eigenvalue weighted by Gasteiger charge is 2.50. The van der Waals surface area contributed by atoms with Crippen LogP contribution in [0.4, 0.5) is 0 Å². The van der Waals surface area contributed by atoms with Gasteiger partial charge < -0.3 is 9.47 Å². The fourth-order valence-corrected chi connectivity index (χ4v) is 5.80. The van der Waals surface area contributed by atoms with E-state index in [1.807, 2.05) is 24.3 Å². The van der Waals surface area contributed by atoms with Crippen LogP contribution >= 0.6 is 0 Å². The molecule has 0 N–H and O–H groups in total. The molecule has 0 saturated carbocycles. The van der Waals surface area contributed by atoms with Gasteiger partial charge in [-0.1, -0.05) is 139 Å². The molecule has 0 radical (unpaired) electrons. The summed E-state index contributed by atoms with van der Waals surface area (Å²) in [6.45, 7) is 5.26. The van der Waals surface area contributed by atoms with E-state index in [-0.39, 0.29) is 12.6 Å². The zero-order valence-electron chi connectivity index (χ0n) is 23.0. The van der Waals surface area contributed by atoms with Crippen LogP contribution in [0.15, 0.2) is 48.5 Å². The summed E-state index contributed by atoms with van der Waals surface area (Å²) in [6.07, 6.45) is 17.1. The highest BCUT2D eigenvalue weighted by atomic mass is 16.5. The molecule has 0 amide bonds. The van der Waals surface area contributed by atoms with Gasteiger partial charge in [0.05, 0.1) is 13.2 Å². The van der Waals surface area contributed by atoms with Crippen molar-refractivity contribution >= 4 is 5.97 Å². The molecular weight excluding hydrogens is 444 g/mol. The Bertz CT molecular complexity index is 873. The molecule has 3 heteroatoms. The van der Waals surface area contributed by atoms with Crippen LogP contribution in [0.25, 0.3) is 11.1 Å². The minimum absolute atomic E-state index is 0.181. The van der Waals surface area contributed by atoms with E-state index < -0.39 is 5.41 Å². The molecular formula is C33H48O3. The number of hydrogen-bond donors (Lipinski definition) is 0. The SMILES string of the molecule is CCCCCCCCCCCCCC(CC)COC(=O)C1(COC)c2ccccc2-c2ccccc21. The average Bonchev–Trinajstić information content (AvgIpc) is 3.20. The highest BCUT2D eigenvalue weighted by Crippen LogP contribution is 2.49. The molecule has 36 heavy (non-hydrogen) atoms. The Morgan fingerprint density at radius 3 is 1.75 bits per heavy atom. The predicted molar refractivity (Wildman–Crippen MR) is 150 cm³/mol. The summed E-state index contributed by atoms with van der Waals surface area (Å²) >= 11 is 0. The van der Waals surface area contributed by atoms with Crippen molar-refractivity contribution in [2.45, 2.75) is 103 Å². The maximum atomic E-state index is 13.8. The van der Waals surface area contributed by atoms with Gasteiger partial charge in [0, 0.05) is 7.11 Å². The zero-order valence-corrected chi connectivity index (χ0v) is 23.0. The van der Waals surface area contributed by atoms with E-state index in [2.05, 4.69) is 38.1 Å². The molecule has 2 aromatic carbocycles. The minimum Gasteiger partial charge on any atom is -0.464 e. The van der Waals surface area contributed by atoms with Gasteiger partial charge in [0.25, 0.3) is 0 Å². The normalized spacial score (nSPS) is 14.3. The van der Waals surface area contributed by atoms with Gasteiger partial charge in [0.2, 0.25) is 0 Å². The van der Waals surface area contributed by atoms with Gasteiger partial charge in [-0.05, 0) is 34.6 Å². The van der Waals surface area contributed by atoms with Crippen LogP contribution in [0.3, 0.4) is 0 Å². The lowest BCUT2D eigenvalue weighted by Gasteiger charge is -2.29. The summed E-state index contributed by atoms with van der Waals surface area (Å²) in [4.78, 5) is 13.8. The third-order valence-corrected chi connectivity index (χ3v) is 8.02. The van der Waals surface area contributed by atoms with E-state index in [9.17, 15) is 4.79 Å². The summed E-state index contributed by atoms with van der Waals surface area (Å²) in [7, 11) is 1.67. The number of methoxy groups -OCH3 is 1. The first-order valence-electron chi connectivity index (χ1n) is 14.5. The first-order chi connectivity index (χ1) is 17.7. The molecule has 0 fully saturated rings. The van der Waals surface area contributed by atoms with Crippen LogP contribution in [0, 0.1) is 5.92 Å². The molecule has 198 valence electrons. The highest BCUT2D eigenvalue weighted by molar-refractivity contribution is 5.98. The second-order valence-corrected chi connectivity index (χ2v) is 10.6. The average molecular weight is 493 g/mol. The van der Waals surface area contributed by atoms with Crippen molar-refractivity contribution in [3.05, 3.63) is 59.7 Å². The Labute approximate surface area is 220 Å². The lowest BCUT2D eigenvalue weighted by molar-refractivity contribution is -0.152. The number of carbonyl (C=O) groups excluding carboxylic acids is 1. The predicted octanol–water partition coefficient (Wildman–Crippen LogP) is 8.87. The van der Waals surface area contributed by atoms with Gasteiger partial charge in [-0.25, -0.2) is 0 Å². The smallest absolute Gasteiger partial charge is 0.323 e. The zero-order chi connectivity index (χ0) is 25.6. The van der Waals surface area contributed by atoms with Crippen molar-refractivity contribution in [2.75, 3.05) is 20.3 Å². The molecule has 1 unspecified atom stereocenters. The number of fused-ring (bicyclic) bond motifs is 3. The van der Waals surface area contributed by atoms with Crippen molar-refractivity contribution in [1.29, 1.82) is 0 Å². The number of benzene rings is 2. The second-order valence-electron chi connectivity index (χ2n) is 10.6. The van der Waals surface area contributed by atoms with E-state index in [1.165, 1.54) is 70.6 Å². The maximum absolute atomic E-state index is 13.8. The van der Waals surface area contributed by atoms with Crippen LogP contribution in [-0.4, -0.2) is 26.3 Å². The van der Waals surface area contributed by atoms with Crippen molar-refractivity contribution in [1.82, 2.24) is 0 Å². The van der Waals surface area contributed by atoms with Crippen molar-refractivity contribution in [3.63, 3.8) is 0 Å². The van der Waals surface area contributed by atoms with Gasteiger partial charge in [-0.2, -0.15) is 0 Å². The second kappa shape index (κ2) is 15.2. The van der Waals surface area contributed by atoms with Crippen LogP contribution in [-0.2, 0) is 19.7 Å². The number of carbonyl (C=O) groups is 1. The molecule has 0 aromatic heterocycles. The van der Waals surface area contributed by atoms with Gasteiger partial charge in [-0.3, -0.25) is 4.79 Å². The molecule has 1 atom stereocenters. The maximum Gasteiger partial charge on any atom is 0.323 e. The third kappa shape index (κ3) is 7.00. The molecule has 0 bridgehead atoms. The molecule has 1 aliphatic carbocycles. The molecule has 3 nitrogen and oxygen atoms in total. The number of hydrogen-bond acceptors (Lipinski definition) is 3. The number of unbranched alkanes of at least 4 members (excludes halogenated alkanes) is 10. The van der Waals surface area contributed by atoms with Gasteiger partial charge in [0.1, 0.15) is 5.41 Å². The van der Waals surface area contributed by atoms with Crippen molar-refractivity contribution < 1.29 is 14.3 Å². The molecule has 0 aliphatic heterocycles.